The maximum Gasteiger partial charge on any atom is 0.319 e. The van der Waals surface area contributed by atoms with Gasteiger partial charge in [0, 0.05) is 17.0 Å². The average molecular weight is 595 g/mol. The number of hydrogen-bond acceptors (Lipinski definition) is 8. The summed E-state index contributed by atoms with van der Waals surface area (Å²) in [5, 5.41) is 3.65. The summed E-state index contributed by atoms with van der Waals surface area (Å²) in [6.45, 7) is 1.84. The van der Waals surface area contributed by atoms with Crippen LogP contribution in [0, 0.1) is 0 Å². The van der Waals surface area contributed by atoms with Gasteiger partial charge in [-0.2, -0.15) is 0 Å². The molecule has 3 aromatic rings. The maximum absolute atomic E-state index is 13.1. The molecule has 8 nitrogen and oxygen atoms in total. The summed E-state index contributed by atoms with van der Waals surface area (Å²) in [6, 6.07) is 14.6. The van der Waals surface area contributed by atoms with Crippen molar-refractivity contribution in [1.82, 2.24) is 5.32 Å². The van der Waals surface area contributed by atoms with Crippen molar-refractivity contribution in [3.05, 3.63) is 86.4 Å². The highest BCUT2D eigenvalue weighted by atomic mass is 35.5. The van der Waals surface area contributed by atoms with Crippen LogP contribution in [0.4, 0.5) is 0 Å². The van der Waals surface area contributed by atoms with Gasteiger partial charge in [-0.15, -0.1) is 0 Å². The molecule has 0 aromatic heterocycles. The third kappa shape index (κ3) is 8.86. The third-order valence-electron chi connectivity index (χ3n) is 5.30. The second-order valence-corrected chi connectivity index (χ2v) is 9.32. The molecule has 0 saturated carbocycles. The van der Waals surface area contributed by atoms with Crippen LogP contribution in [0.5, 0.6) is 17.2 Å². The first-order valence-corrected chi connectivity index (χ1v) is 13.0. The highest BCUT2D eigenvalue weighted by Crippen LogP contribution is 2.39. The van der Waals surface area contributed by atoms with Gasteiger partial charge in [-0.1, -0.05) is 34.8 Å². The van der Waals surface area contributed by atoms with Crippen LogP contribution in [0.25, 0.3) is 0 Å². The fraction of sp³-hybridized carbons (Fsp3) is 0.250. The molecule has 0 aliphatic carbocycles. The number of ether oxygens (including phenoxy) is 4. The van der Waals surface area contributed by atoms with Gasteiger partial charge in [0.2, 0.25) is 0 Å². The SMILES string of the molecule is CCOC(=O)CNCC(=O)OCCc1cc(Cl)c(Oc2ccc(OC)c(C(=O)c3ccc(Cl)cc3)c2)c(Cl)c1. The van der Waals surface area contributed by atoms with E-state index < -0.39 is 11.9 Å². The fourth-order valence-corrected chi connectivity index (χ4v) is 4.20. The number of benzene rings is 3. The topological polar surface area (TPSA) is 100 Å². The van der Waals surface area contributed by atoms with E-state index in [4.69, 9.17) is 53.8 Å². The van der Waals surface area contributed by atoms with Crippen molar-refractivity contribution in [2.24, 2.45) is 0 Å². The van der Waals surface area contributed by atoms with E-state index in [0.717, 1.165) is 5.56 Å². The van der Waals surface area contributed by atoms with Crippen LogP contribution in [-0.4, -0.2) is 51.1 Å². The Morgan fingerprint density at radius 2 is 1.49 bits per heavy atom. The van der Waals surface area contributed by atoms with E-state index in [1.807, 2.05) is 0 Å². The zero-order valence-electron chi connectivity index (χ0n) is 21.2. The summed E-state index contributed by atoms with van der Waals surface area (Å²) >= 11 is 18.8. The van der Waals surface area contributed by atoms with E-state index in [1.54, 1.807) is 61.5 Å². The lowest BCUT2D eigenvalue weighted by molar-refractivity contribution is -0.143. The maximum atomic E-state index is 13.1. The smallest absolute Gasteiger partial charge is 0.319 e. The molecule has 0 saturated heterocycles. The summed E-state index contributed by atoms with van der Waals surface area (Å²) in [7, 11) is 1.47. The summed E-state index contributed by atoms with van der Waals surface area (Å²) in [4.78, 5) is 36.2. The molecule has 206 valence electrons. The fourth-order valence-electron chi connectivity index (χ4n) is 3.47. The van der Waals surface area contributed by atoms with Gasteiger partial charge in [-0.3, -0.25) is 19.7 Å². The van der Waals surface area contributed by atoms with Crippen molar-refractivity contribution in [3.63, 3.8) is 0 Å². The highest BCUT2D eigenvalue weighted by Gasteiger charge is 2.18. The molecule has 3 rings (SSSR count). The van der Waals surface area contributed by atoms with E-state index in [1.165, 1.54) is 7.11 Å². The van der Waals surface area contributed by atoms with Gasteiger partial charge >= 0.3 is 11.9 Å². The van der Waals surface area contributed by atoms with Crippen LogP contribution in [0.1, 0.15) is 28.4 Å². The first-order valence-electron chi connectivity index (χ1n) is 11.9. The van der Waals surface area contributed by atoms with E-state index in [-0.39, 0.29) is 47.9 Å². The van der Waals surface area contributed by atoms with Gasteiger partial charge in [-0.25, -0.2) is 0 Å². The van der Waals surface area contributed by atoms with Crippen molar-refractivity contribution in [1.29, 1.82) is 0 Å². The van der Waals surface area contributed by atoms with Crippen molar-refractivity contribution in [3.8, 4) is 17.2 Å². The molecule has 3 aromatic carbocycles. The molecule has 0 unspecified atom stereocenters. The number of rotatable bonds is 13. The van der Waals surface area contributed by atoms with E-state index in [0.29, 0.717) is 34.1 Å². The predicted octanol–water partition coefficient (Wildman–Crippen LogP) is 5.92. The summed E-state index contributed by atoms with van der Waals surface area (Å²) in [5.74, 6) is -0.324. The first kappa shape index (κ1) is 30.2. The van der Waals surface area contributed by atoms with Crippen LogP contribution in [-0.2, 0) is 25.5 Å². The molecule has 0 atom stereocenters. The lowest BCUT2D eigenvalue weighted by atomic mass is 10.0. The van der Waals surface area contributed by atoms with Crippen molar-refractivity contribution < 1.29 is 33.3 Å². The Balaban J connectivity index is 1.63. The van der Waals surface area contributed by atoms with Crippen molar-refractivity contribution in [2.75, 3.05) is 33.4 Å². The minimum Gasteiger partial charge on any atom is -0.496 e. The first-order chi connectivity index (χ1) is 18.7. The molecular formula is C28H26Cl3NO7. The lowest BCUT2D eigenvalue weighted by Gasteiger charge is -2.14. The summed E-state index contributed by atoms with van der Waals surface area (Å²) < 4.78 is 21.2. The third-order valence-corrected chi connectivity index (χ3v) is 6.11. The second-order valence-electron chi connectivity index (χ2n) is 8.07. The number of carbonyl (C=O) groups is 3. The zero-order valence-corrected chi connectivity index (χ0v) is 23.5. The zero-order chi connectivity index (χ0) is 28.4. The second kappa shape index (κ2) is 14.7. The number of nitrogens with one attached hydrogen (secondary N) is 1. The molecule has 11 heteroatoms. The molecule has 0 spiro atoms. The van der Waals surface area contributed by atoms with Crippen LogP contribution in [0.3, 0.4) is 0 Å². The van der Waals surface area contributed by atoms with Gasteiger partial charge in [0.1, 0.15) is 11.5 Å². The minimum atomic E-state index is -0.514. The molecule has 0 heterocycles. The largest absolute Gasteiger partial charge is 0.496 e. The quantitative estimate of drug-likeness (QED) is 0.192. The monoisotopic (exact) mass is 593 g/mol. The molecular weight excluding hydrogens is 569 g/mol. The molecule has 0 aliphatic rings. The van der Waals surface area contributed by atoms with Gasteiger partial charge in [0.25, 0.3) is 0 Å². The molecule has 0 amide bonds. The van der Waals surface area contributed by atoms with Gasteiger partial charge in [0.15, 0.2) is 11.5 Å². The number of hydrogen-bond donors (Lipinski definition) is 1. The number of carbonyl (C=O) groups excluding carboxylic acids is 3. The normalized spacial score (nSPS) is 10.6. The molecule has 0 aliphatic heterocycles. The molecule has 0 radical (unpaired) electrons. The van der Waals surface area contributed by atoms with Crippen LogP contribution >= 0.6 is 34.8 Å². The molecule has 39 heavy (non-hydrogen) atoms. The molecule has 0 fully saturated rings. The van der Waals surface area contributed by atoms with E-state index >= 15 is 0 Å². The average Bonchev–Trinajstić information content (AvgIpc) is 2.91. The van der Waals surface area contributed by atoms with Crippen molar-refractivity contribution in [2.45, 2.75) is 13.3 Å². The van der Waals surface area contributed by atoms with Gasteiger partial charge in [-0.05, 0) is 67.1 Å². The van der Waals surface area contributed by atoms with Crippen molar-refractivity contribution >= 4 is 52.5 Å². The van der Waals surface area contributed by atoms with Crippen LogP contribution < -0.4 is 14.8 Å². The Morgan fingerprint density at radius 3 is 2.10 bits per heavy atom. The Kier molecular flexibility index (Phi) is 11.4. The Labute approximate surface area is 241 Å². The minimum absolute atomic E-state index is 0.0827. The van der Waals surface area contributed by atoms with E-state index in [9.17, 15) is 14.4 Å². The van der Waals surface area contributed by atoms with Crippen LogP contribution in [0.2, 0.25) is 15.1 Å². The van der Waals surface area contributed by atoms with Crippen LogP contribution in [0.15, 0.2) is 54.6 Å². The molecule has 1 N–H and O–H groups in total. The number of halogens is 3. The lowest BCUT2D eigenvalue weighted by Crippen LogP contribution is -2.31. The summed E-state index contributed by atoms with van der Waals surface area (Å²) in [6.07, 6.45) is 0.353. The standard InChI is InChI=1S/C28H26Cl3NO7/c1-3-37-25(33)15-32-16-26(34)38-11-10-17-12-22(30)28(23(31)13-17)39-20-8-9-24(36-2)21(14-20)27(35)18-4-6-19(29)7-5-18/h4-9,12-14,32H,3,10-11,15-16H2,1-2H3. The van der Waals surface area contributed by atoms with E-state index in [2.05, 4.69) is 5.32 Å². The highest BCUT2D eigenvalue weighted by molar-refractivity contribution is 6.37. The van der Waals surface area contributed by atoms with Gasteiger partial charge < -0.3 is 18.9 Å². The molecule has 0 bridgehead atoms. The summed E-state index contributed by atoms with van der Waals surface area (Å²) in [5.41, 5.74) is 1.45. The number of methoxy groups -OCH3 is 1. The Hall–Kier alpha value is -3.30. The number of ketones is 1. The number of esters is 2. The van der Waals surface area contributed by atoms with Gasteiger partial charge in [0.05, 0.1) is 49.0 Å². The Bertz CT molecular complexity index is 1310. The predicted molar refractivity (Wildman–Crippen MR) is 149 cm³/mol. The Morgan fingerprint density at radius 1 is 0.846 bits per heavy atom.